The highest BCUT2D eigenvalue weighted by atomic mass is 15.1. The third-order valence-corrected chi connectivity index (χ3v) is 3.40. The summed E-state index contributed by atoms with van der Waals surface area (Å²) in [6.45, 7) is 0.551. The molecule has 0 saturated heterocycles. The molecule has 3 nitrogen and oxygen atoms in total. The van der Waals surface area contributed by atoms with E-state index in [-0.39, 0.29) is 5.92 Å². The molecule has 100 valence electrons. The first-order valence-corrected chi connectivity index (χ1v) is 6.45. The van der Waals surface area contributed by atoms with Gasteiger partial charge >= 0.3 is 0 Å². The van der Waals surface area contributed by atoms with Crippen molar-refractivity contribution in [3.05, 3.63) is 59.7 Å². The lowest BCUT2D eigenvalue weighted by Gasteiger charge is -2.20. The highest BCUT2D eigenvalue weighted by molar-refractivity contribution is 5.61. The smallest absolute Gasteiger partial charge is 0.0381 e. The molecule has 0 radical (unpaired) electrons. The van der Waals surface area contributed by atoms with Crippen LogP contribution in [0.3, 0.4) is 0 Å². The Morgan fingerprint density at radius 3 is 2.26 bits per heavy atom. The molecule has 0 heterocycles. The Kier molecular flexibility index (Phi) is 4.07. The summed E-state index contributed by atoms with van der Waals surface area (Å²) < 4.78 is 0. The van der Waals surface area contributed by atoms with E-state index in [0.29, 0.717) is 6.54 Å². The maximum atomic E-state index is 6.19. The molecule has 0 aromatic heterocycles. The first kappa shape index (κ1) is 13.4. The Morgan fingerprint density at radius 2 is 1.74 bits per heavy atom. The summed E-state index contributed by atoms with van der Waals surface area (Å²) in [7, 11) is 4.01. The van der Waals surface area contributed by atoms with Crippen LogP contribution < -0.4 is 16.4 Å². The minimum Gasteiger partial charge on any atom is -0.398 e. The normalized spacial score (nSPS) is 12.2. The molecular formula is C16H21N3. The first-order chi connectivity index (χ1) is 9.13. The van der Waals surface area contributed by atoms with Crippen molar-refractivity contribution in [2.45, 2.75) is 5.92 Å². The van der Waals surface area contributed by atoms with E-state index in [1.165, 1.54) is 5.56 Å². The molecule has 0 aliphatic carbocycles. The van der Waals surface area contributed by atoms with E-state index in [1.54, 1.807) is 0 Å². The van der Waals surface area contributed by atoms with Gasteiger partial charge in [-0.15, -0.1) is 0 Å². The summed E-state index contributed by atoms with van der Waals surface area (Å²) in [6, 6.07) is 16.4. The van der Waals surface area contributed by atoms with Gasteiger partial charge in [-0.3, -0.25) is 0 Å². The number of hydrogen-bond donors (Lipinski definition) is 2. The van der Waals surface area contributed by atoms with E-state index in [0.717, 1.165) is 16.9 Å². The molecule has 4 N–H and O–H groups in total. The molecule has 0 bridgehead atoms. The maximum absolute atomic E-state index is 6.19. The van der Waals surface area contributed by atoms with Gasteiger partial charge in [-0.05, 0) is 23.3 Å². The van der Waals surface area contributed by atoms with Crippen molar-refractivity contribution < 1.29 is 0 Å². The number of nitrogens with two attached hydrogens (primary N) is 2. The molecular weight excluding hydrogens is 234 g/mol. The minimum absolute atomic E-state index is 0.150. The van der Waals surface area contributed by atoms with Gasteiger partial charge < -0.3 is 16.4 Å². The zero-order chi connectivity index (χ0) is 13.8. The van der Waals surface area contributed by atoms with Crippen molar-refractivity contribution in [3.63, 3.8) is 0 Å². The number of nitrogen functional groups attached to an aromatic ring is 1. The Labute approximate surface area is 114 Å². The van der Waals surface area contributed by atoms with Gasteiger partial charge in [-0.1, -0.05) is 36.4 Å². The number of rotatable bonds is 4. The van der Waals surface area contributed by atoms with Crippen molar-refractivity contribution in [2.24, 2.45) is 5.73 Å². The summed E-state index contributed by atoms with van der Waals surface area (Å²) in [5.41, 5.74) is 16.3. The van der Waals surface area contributed by atoms with Crippen LogP contribution in [-0.2, 0) is 0 Å². The lowest BCUT2D eigenvalue weighted by Crippen LogP contribution is -2.16. The standard InChI is InChI=1S/C16H21N3/c1-19(2)13-8-9-14(16(18)10-13)15(11-17)12-6-4-3-5-7-12/h3-10,15H,11,17-18H2,1-2H3. The predicted molar refractivity (Wildman–Crippen MR) is 82.5 cm³/mol. The molecule has 1 unspecified atom stereocenters. The van der Waals surface area contributed by atoms with Crippen molar-refractivity contribution in [2.75, 3.05) is 31.3 Å². The van der Waals surface area contributed by atoms with Crippen molar-refractivity contribution >= 4 is 11.4 Å². The Morgan fingerprint density at radius 1 is 1.05 bits per heavy atom. The molecule has 0 fully saturated rings. The first-order valence-electron chi connectivity index (χ1n) is 6.45. The van der Waals surface area contributed by atoms with Gasteiger partial charge in [0.25, 0.3) is 0 Å². The molecule has 0 aliphatic rings. The quantitative estimate of drug-likeness (QED) is 0.825. The summed E-state index contributed by atoms with van der Waals surface area (Å²) >= 11 is 0. The van der Waals surface area contributed by atoms with E-state index >= 15 is 0 Å². The second-order valence-corrected chi connectivity index (χ2v) is 4.91. The van der Waals surface area contributed by atoms with Crippen molar-refractivity contribution in [1.82, 2.24) is 0 Å². The van der Waals surface area contributed by atoms with Gasteiger partial charge in [0.15, 0.2) is 0 Å². The SMILES string of the molecule is CN(C)c1ccc(C(CN)c2ccccc2)c(N)c1. The van der Waals surface area contributed by atoms with Crippen LogP contribution in [0.25, 0.3) is 0 Å². The summed E-state index contributed by atoms with van der Waals surface area (Å²) in [5, 5.41) is 0. The second-order valence-electron chi connectivity index (χ2n) is 4.91. The molecule has 3 heteroatoms. The van der Waals surface area contributed by atoms with Crippen LogP contribution >= 0.6 is 0 Å². The van der Waals surface area contributed by atoms with Crippen LogP contribution in [0.2, 0.25) is 0 Å². The average Bonchev–Trinajstić information content (AvgIpc) is 2.42. The van der Waals surface area contributed by atoms with Crippen molar-refractivity contribution in [3.8, 4) is 0 Å². The zero-order valence-corrected chi connectivity index (χ0v) is 11.5. The molecule has 19 heavy (non-hydrogen) atoms. The van der Waals surface area contributed by atoms with E-state index in [9.17, 15) is 0 Å². The summed E-state index contributed by atoms with van der Waals surface area (Å²) in [4.78, 5) is 2.04. The fourth-order valence-electron chi connectivity index (χ4n) is 2.29. The Balaban J connectivity index is 2.39. The summed E-state index contributed by atoms with van der Waals surface area (Å²) in [6.07, 6.45) is 0. The van der Waals surface area contributed by atoms with E-state index in [1.807, 2.05) is 43.3 Å². The highest BCUT2D eigenvalue weighted by Gasteiger charge is 2.15. The Bertz CT molecular complexity index is 535. The van der Waals surface area contributed by atoms with Gasteiger partial charge in [0.2, 0.25) is 0 Å². The number of hydrogen-bond acceptors (Lipinski definition) is 3. The van der Waals surface area contributed by atoms with Crippen LogP contribution in [0.4, 0.5) is 11.4 Å². The predicted octanol–water partition coefficient (Wildman–Crippen LogP) is 2.43. The lowest BCUT2D eigenvalue weighted by molar-refractivity contribution is 0.821. The monoisotopic (exact) mass is 255 g/mol. The van der Waals surface area contributed by atoms with Crippen LogP contribution in [-0.4, -0.2) is 20.6 Å². The molecule has 2 aromatic carbocycles. The molecule has 0 amide bonds. The van der Waals surface area contributed by atoms with Gasteiger partial charge in [0, 0.05) is 37.9 Å². The maximum Gasteiger partial charge on any atom is 0.0381 e. The fraction of sp³-hybridized carbons (Fsp3) is 0.250. The van der Waals surface area contributed by atoms with E-state index in [2.05, 4.69) is 24.3 Å². The Hall–Kier alpha value is -2.00. The minimum atomic E-state index is 0.150. The van der Waals surface area contributed by atoms with Crippen LogP contribution in [0.15, 0.2) is 48.5 Å². The number of anilines is 2. The van der Waals surface area contributed by atoms with Gasteiger partial charge in [-0.25, -0.2) is 0 Å². The zero-order valence-electron chi connectivity index (χ0n) is 11.5. The number of nitrogens with zero attached hydrogens (tertiary/aromatic N) is 1. The third kappa shape index (κ3) is 2.88. The van der Waals surface area contributed by atoms with Crippen molar-refractivity contribution in [1.29, 1.82) is 0 Å². The molecule has 0 spiro atoms. The fourth-order valence-corrected chi connectivity index (χ4v) is 2.29. The van der Waals surface area contributed by atoms with Gasteiger partial charge in [0.1, 0.15) is 0 Å². The molecule has 2 aromatic rings. The highest BCUT2D eigenvalue weighted by Crippen LogP contribution is 2.30. The summed E-state index contributed by atoms with van der Waals surface area (Å²) in [5.74, 6) is 0.150. The van der Waals surface area contributed by atoms with Gasteiger partial charge in [0.05, 0.1) is 0 Å². The number of benzene rings is 2. The van der Waals surface area contributed by atoms with E-state index in [4.69, 9.17) is 11.5 Å². The topological polar surface area (TPSA) is 55.3 Å². The molecule has 1 atom stereocenters. The largest absolute Gasteiger partial charge is 0.398 e. The molecule has 2 rings (SSSR count). The molecule has 0 saturated carbocycles. The second kappa shape index (κ2) is 5.76. The lowest BCUT2D eigenvalue weighted by atomic mass is 9.90. The van der Waals surface area contributed by atoms with Crippen LogP contribution in [0.1, 0.15) is 17.0 Å². The van der Waals surface area contributed by atoms with E-state index < -0.39 is 0 Å². The van der Waals surface area contributed by atoms with Crippen LogP contribution in [0.5, 0.6) is 0 Å². The van der Waals surface area contributed by atoms with Crippen LogP contribution in [0, 0.1) is 0 Å². The van der Waals surface area contributed by atoms with Gasteiger partial charge in [-0.2, -0.15) is 0 Å². The molecule has 0 aliphatic heterocycles. The third-order valence-electron chi connectivity index (χ3n) is 3.40. The average molecular weight is 255 g/mol.